The minimum Gasteiger partial charge on any atom is -0.233 e. The molecule has 0 aliphatic carbocycles. The van der Waals surface area contributed by atoms with Crippen molar-refractivity contribution in [3.63, 3.8) is 0 Å². The monoisotopic (exact) mass is 302 g/mol. The first-order valence-corrected chi connectivity index (χ1v) is 6.75. The molecule has 1 aromatic heterocycles. The number of hydrogen-bond acceptors (Lipinski definition) is 1. The minimum absolute atomic E-state index is 0.414. The van der Waals surface area contributed by atoms with Crippen molar-refractivity contribution in [2.24, 2.45) is 0 Å². The third-order valence-corrected chi connectivity index (χ3v) is 3.35. The maximum absolute atomic E-state index is 13.0. The van der Waals surface area contributed by atoms with Gasteiger partial charge in [0.1, 0.15) is 0 Å². The predicted octanol–water partition coefficient (Wildman–Crippen LogP) is 4.87. The summed E-state index contributed by atoms with van der Waals surface area (Å²) in [5.74, 6) is 0. The molecule has 0 saturated carbocycles. The van der Waals surface area contributed by atoms with E-state index in [2.05, 4.69) is 5.10 Å². The summed E-state index contributed by atoms with van der Waals surface area (Å²) in [6.45, 7) is 1.92. The average Bonchev–Trinajstić information content (AvgIpc) is 2.94. The summed E-state index contributed by atoms with van der Waals surface area (Å²) in [4.78, 5) is 0. The molecule has 2 aromatic carbocycles. The van der Waals surface area contributed by atoms with Gasteiger partial charge in [-0.05, 0) is 25.1 Å². The Hall–Kier alpha value is -2.56. The van der Waals surface area contributed by atoms with Crippen LogP contribution in [0.25, 0.3) is 16.9 Å². The lowest BCUT2D eigenvalue weighted by molar-refractivity contribution is -0.141. The van der Waals surface area contributed by atoms with Crippen molar-refractivity contribution >= 4 is 0 Å². The zero-order valence-electron chi connectivity index (χ0n) is 11.8. The molecule has 0 spiro atoms. The topological polar surface area (TPSA) is 17.8 Å². The number of hydrogen-bond donors (Lipinski definition) is 0. The first-order valence-electron chi connectivity index (χ1n) is 6.75. The SMILES string of the molecule is Cc1ccc(-n2nc(C(F)(F)F)cc2-c2ccccc2)cc1. The third kappa shape index (κ3) is 2.74. The van der Waals surface area contributed by atoms with Gasteiger partial charge in [0, 0.05) is 5.56 Å². The van der Waals surface area contributed by atoms with Crippen molar-refractivity contribution < 1.29 is 13.2 Å². The van der Waals surface area contributed by atoms with Crippen LogP contribution in [-0.2, 0) is 6.18 Å². The lowest BCUT2D eigenvalue weighted by Gasteiger charge is -2.08. The highest BCUT2D eigenvalue weighted by Crippen LogP contribution is 2.33. The van der Waals surface area contributed by atoms with Crippen LogP contribution in [0.1, 0.15) is 11.3 Å². The van der Waals surface area contributed by atoms with Crippen molar-refractivity contribution in [2.75, 3.05) is 0 Å². The van der Waals surface area contributed by atoms with E-state index < -0.39 is 11.9 Å². The van der Waals surface area contributed by atoms with Gasteiger partial charge in [0.15, 0.2) is 5.69 Å². The van der Waals surface area contributed by atoms with Crippen LogP contribution in [0, 0.1) is 6.92 Å². The third-order valence-electron chi connectivity index (χ3n) is 3.35. The molecule has 0 radical (unpaired) electrons. The summed E-state index contributed by atoms with van der Waals surface area (Å²) in [6.07, 6.45) is -4.47. The molecule has 5 heteroatoms. The Labute approximate surface area is 125 Å². The molecule has 0 fully saturated rings. The second-order valence-corrected chi connectivity index (χ2v) is 5.03. The molecular formula is C17H13F3N2. The molecule has 0 aliphatic heterocycles. The van der Waals surface area contributed by atoms with E-state index in [-0.39, 0.29) is 0 Å². The average molecular weight is 302 g/mol. The molecule has 0 amide bonds. The largest absolute Gasteiger partial charge is 0.435 e. The fourth-order valence-electron chi connectivity index (χ4n) is 2.22. The smallest absolute Gasteiger partial charge is 0.233 e. The second kappa shape index (κ2) is 5.33. The molecule has 0 aliphatic rings. The first kappa shape index (κ1) is 14.4. The van der Waals surface area contributed by atoms with Crippen molar-refractivity contribution in [1.29, 1.82) is 0 Å². The maximum atomic E-state index is 13.0. The Morgan fingerprint density at radius 3 is 2.14 bits per heavy atom. The van der Waals surface area contributed by atoms with E-state index >= 15 is 0 Å². The Bertz CT molecular complexity index is 772. The van der Waals surface area contributed by atoms with Crippen molar-refractivity contribution in [1.82, 2.24) is 9.78 Å². The van der Waals surface area contributed by atoms with Crippen molar-refractivity contribution in [3.05, 3.63) is 71.9 Å². The summed E-state index contributed by atoms with van der Waals surface area (Å²) < 4.78 is 40.3. The van der Waals surface area contributed by atoms with Crippen molar-refractivity contribution in [2.45, 2.75) is 13.1 Å². The Morgan fingerprint density at radius 1 is 0.909 bits per heavy atom. The summed E-state index contributed by atoms with van der Waals surface area (Å²) in [7, 11) is 0. The molecule has 3 aromatic rings. The van der Waals surface area contributed by atoms with Crippen LogP contribution in [0.15, 0.2) is 60.7 Å². The highest BCUT2D eigenvalue weighted by Gasteiger charge is 2.35. The van der Waals surface area contributed by atoms with Gasteiger partial charge < -0.3 is 0 Å². The number of alkyl halides is 3. The van der Waals surface area contributed by atoms with E-state index in [1.807, 2.05) is 25.1 Å². The van der Waals surface area contributed by atoms with Crippen LogP contribution in [0.2, 0.25) is 0 Å². The lowest BCUT2D eigenvalue weighted by atomic mass is 10.1. The summed E-state index contributed by atoms with van der Waals surface area (Å²) in [6, 6.07) is 17.2. The van der Waals surface area contributed by atoms with Gasteiger partial charge in [0.2, 0.25) is 0 Å². The van der Waals surface area contributed by atoms with E-state index in [4.69, 9.17) is 0 Å². The van der Waals surface area contributed by atoms with Crippen LogP contribution in [0.5, 0.6) is 0 Å². The van der Waals surface area contributed by atoms with E-state index in [1.165, 1.54) is 4.68 Å². The number of aryl methyl sites for hydroxylation is 1. The second-order valence-electron chi connectivity index (χ2n) is 5.03. The highest BCUT2D eigenvalue weighted by atomic mass is 19.4. The zero-order chi connectivity index (χ0) is 15.7. The molecule has 3 rings (SSSR count). The van der Waals surface area contributed by atoms with Crippen LogP contribution < -0.4 is 0 Å². The number of rotatable bonds is 2. The first-order chi connectivity index (χ1) is 10.4. The molecule has 0 bridgehead atoms. The summed E-state index contributed by atoms with van der Waals surface area (Å²) in [5.41, 5.74) is 1.84. The van der Waals surface area contributed by atoms with Gasteiger partial charge in [-0.1, -0.05) is 48.0 Å². The van der Waals surface area contributed by atoms with Gasteiger partial charge in [0.05, 0.1) is 11.4 Å². The number of benzene rings is 2. The highest BCUT2D eigenvalue weighted by molar-refractivity contribution is 5.62. The fraction of sp³-hybridized carbons (Fsp3) is 0.118. The fourth-order valence-corrected chi connectivity index (χ4v) is 2.22. The van der Waals surface area contributed by atoms with Gasteiger partial charge in [-0.3, -0.25) is 0 Å². The molecular weight excluding hydrogens is 289 g/mol. The molecule has 22 heavy (non-hydrogen) atoms. The normalized spacial score (nSPS) is 11.6. The lowest BCUT2D eigenvalue weighted by Crippen LogP contribution is -2.07. The van der Waals surface area contributed by atoms with Crippen molar-refractivity contribution in [3.8, 4) is 16.9 Å². The van der Waals surface area contributed by atoms with Crippen LogP contribution >= 0.6 is 0 Å². The molecule has 0 atom stereocenters. The van der Waals surface area contributed by atoms with E-state index in [1.54, 1.807) is 36.4 Å². The van der Waals surface area contributed by atoms with Gasteiger partial charge >= 0.3 is 6.18 Å². The standard InChI is InChI=1S/C17H13F3N2/c1-12-7-9-14(10-8-12)22-15(13-5-3-2-4-6-13)11-16(21-22)17(18,19)20/h2-11H,1H3. The van der Waals surface area contributed by atoms with Gasteiger partial charge in [0.25, 0.3) is 0 Å². The molecule has 1 heterocycles. The molecule has 2 nitrogen and oxygen atoms in total. The van der Waals surface area contributed by atoms with E-state index in [0.29, 0.717) is 16.9 Å². The Kier molecular flexibility index (Phi) is 3.48. The zero-order valence-corrected chi connectivity index (χ0v) is 11.8. The van der Waals surface area contributed by atoms with Gasteiger partial charge in [-0.15, -0.1) is 0 Å². The Morgan fingerprint density at radius 2 is 1.55 bits per heavy atom. The minimum atomic E-state index is -4.47. The quantitative estimate of drug-likeness (QED) is 0.660. The van der Waals surface area contributed by atoms with Crippen LogP contribution in [-0.4, -0.2) is 9.78 Å². The van der Waals surface area contributed by atoms with E-state index in [9.17, 15) is 13.2 Å². The van der Waals surface area contributed by atoms with Crippen LogP contribution in [0.4, 0.5) is 13.2 Å². The van der Waals surface area contributed by atoms with Gasteiger partial charge in [-0.25, -0.2) is 4.68 Å². The number of halogens is 3. The van der Waals surface area contributed by atoms with E-state index in [0.717, 1.165) is 11.6 Å². The molecule has 0 unspecified atom stereocenters. The van der Waals surface area contributed by atoms with Crippen LogP contribution in [0.3, 0.4) is 0 Å². The maximum Gasteiger partial charge on any atom is 0.435 e. The molecule has 0 N–H and O–H groups in total. The summed E-state index contributed by atoms with van der Waals surface area (Å²) >= 11 is 0. The number of aromatic nitrogens is 2. The summed E-state index contributed by atoms with van der Waals surface area (Å²) in [5, 5.41) is 3.75. The Balaban J connectivity index is 2.19. The molecule has 112 valence electrons. The van der Waals surface area contributed by atoms with Gasteiger partial charge in [-0.2, -0.15) is 18.3 Å². The molecule has 0 saturated heterocycles. The number of nitrogens with zero attached hydrogens (tertiary/aromatic N) is 2. The predicted molar refractivity (Wildman–Crippen MR) is 78.7 cm³/mol.